The molecule has 8 nitrogen and oxygen atoms in total. The van der Waals surface area contributed by atoms with E-state index in [1.807, 2.05) is 0 Å². The summed E-state index contributed by atoms with van der Waals surface area (Å²) in [5.41, 5.74) is 0. The van der Waals surface area contributed by atoms with Crippen molar-refractivity contribution in [3.63, 3.8) is 0 Å². The van der Waals surface area contributed by atoms with E-state index in [1.54, 1.807) is 0 Å². The standard InChI is InChI=1S/C10H22O8S.Na.H/c11-1-2-15-3-4-16-5-6-17-7-8-18-9-10-19(12,13)14;;/h11H,1-10H2,(H,12,13,14);;/q;+1;-1. The minimum atomic E-state index is -3.95. The average Bonchev–Trinajstić information content (AvgIpc) is 2.34. The number of hydrogen-bond donors (Lipinski definition) is 2. The molecule has 0 atom stereocenters. The summed E-state index contributed by atoms with van der Waals surface area (Å²) in [7, 11) is -3.95. The van der Waals surface area contributed by atoms with Crippen LogP contribution in [0.4, 0.5) is 0 Å². The van der Waals surface area contributed by atoms with E-state index < -0.39 is 15.9 Å². The van der Waals surface area contributed by atoms with Crippen molar-refractivity contribution in [2.45, 2.75) is 0 Å². The molecule has 0 heterocycles. The Labute approximate surface area is 143 Å². The molecule has 0 saturated carbocycles. The van der Waals surface area contributed by atoms with Crippen molar-refractivity contribution in [2.75, 3.05) is 65.2 Å². The van der Waals surface area contributed by atoms with Gasteiger partial charge in [0.2, 0.25) is 0 Å². The molecule has 0 aromatic rings. The van der Waals surface area contributed by atoms with Gasteiger partial charge < -0.3 is 25.5 Å². The Morgan fingerprint density at radius 1 is 0.750 bits per heavy atom. The molecule has 0 amide bonds. The smallest absolute Gasteiger partial charge is 1.00 e. The number of ether oxygens (including phenoxy) is 4. The zero-order chi connectivity index (χ0) is 14.4. The molecule has 0 aromatic carbocycles. The van der Waals surface area contributed by atoms with Gasteiger partial charge in [-0.2, -0.15) is 8.42 Å². The quantitative estimate of drug-likeness (QED) is 0.189. The SMILES string of the molecule is O=S(=O)(O)CCOCCOCCOCCOCCO.[H-].[Na+]. The molecule has 0 aliphatic carbocycles. The van der Waals surface area contributed by atoms with Crippen molar-refractivity contribution in [2.24, 2.45) is 0 Å². The predicted molar refractivity (Wildman–Crippen MR) is 67.9 cm³/mol. The van der Waals surface area contributed by atoms with E-state index in [0.717, 1.165) is 0 Å². The van der Waals surface area contributed by atoms with E-state index in [2.05, 4.69) is 0 Å². The van der Waals surface area contributed by atoms with Gasteiger partial charge in [-0.15, -0.1) is 0 Å². The third-order valence-corrected chi connectivity index (χ3v) is 2.52. The van der Waals surface area contributed by atoms with Crippen molar-refractivity contribution in [1.82, 2.24) is 0 Å². The Hall–Kier alpha value is 0.710. The van der Waals surface area contributed by atoms with Gasteiger partial charge in [0.25, 0.3) is 10.1 Å². The monoisotopic (exact) mass is 326 g/mol. The van der Waals surface area contributed by atoms with Gasteiger partial charge in [-0.1, -0.05) is 0 Å². The molecule has 0 spiro atoms. The Kier molecular flexibility index (Phi) is 18.5. The molecule has 0 aromatic heterocycles. The van der Waals surface area contributed by atoms with Gasteiger partial charge in [0, 0.05) is 0 Å². The zero-order valence-electron chi connectivity index (χ0n) is 12.8. The summed E-state index contributed by atoms with van der Waals surface area (Å²) < 4.78 is 49.3. The van der Waals surface area contributed by atoms with Crippen LogP contribution in [0.25, 0.3) is 0 Å². The van der Waals surface area contributed by atoms with Crippen molar-refractivity contribution < 1.29 is 68.0 Å². The molecule has 20 heavy (non-hydrogen) atoms. The normalized spacial score (nSPS) is 11.3. The summed E-state index contributed by atoms with van der Waals surface area (Å²) in [6.45, 7) is 2.54. The van der Waals surface area contributed by atoms with Gasteiger partial charge in [0.05, 0.1) is 65.2 Å². The number of hydrogen-bond acceptors (Lipinski definition) is 7. The molecule has 0 aliphatic heterocycles. The summed E-state index contributed by atoms with van der Waals surface area (Å²) in [6, 6.07) is 0. The Morgan fingerprint density at radius 2 is 1.10 bits per heavy atom. The zero-order valence-corrected chi connectivity index (χ0v) is 14.6. The number of aliphatic hydroxyl groups is 1. The van der Waals surface area contributed by atoms with Crippen molar-refractivity contribution in [3.05, 3.63) is 0 Å². The molecule has 0 saturated heterocycles. The predicted octanol–water partition coefficient (Wildman–Crippen LogP) is -3.95. The maximum absolute atomic E-state index is 10.3. The maximum Gasteiger partial charge on any atom is 1.00 e. The van der Waals surface area contributed by atoms with Gasteiger partial charge in [-0.25, -0.2) is 0 Å². The van der Waals surface area contributed by atoms with Gasteiger partial charge >= 0.3 is 29.6 Å². The van der Waals surface area contributed by atoms with Gasteiger partial charge in [-0.05, 0) is 0 Å². The van der Waals surface area contributed by atoms with Gasteiger partial charge in [0.1, 0.15) is 0 Å². The summed E-state index contributed by atoms with van der Waals surface area (Å²) in [5.74, 6) is -0.413. The van der Waals surface area contributed by atoms with Crippen LogP contribution in [-0.4, -0.2) is 83.3 Å². The summed E-state index contributed by atoms with van der Waals surface area (Å²) in [5, 5.41) is 8.43. The molecule has 0 fully saturated rings. The first-order valence-corrected chi connectivity index (χ1v) is 7.54. The topological polar surface area (TPSA) is 112 Å². The summed E-state index contributed by atoms with van der Waals surface area (Å²) in [6.07, 6.45) is 0. The minimum absolute atomic E-state index is 0. The Morgan fingerprint density at radius 3 is 1.45 bits per heavy atom. The van der Waals surface area contributed by atoms with Crippen LogP contribution in [0.1, 0.15) is 1.43 Å². The Bertz CT molecular complexity index is 291. The molecule has 0 unspecified atom stereocenters. The largest absolute Gasteiger partial charge is 1.00 e. The van der Waals surface area contributed by atoms with Crippen molar-refractivity contribution in [1.29, 1.82) is 0 Å². The summed E-state index contributed by atoms with van der Waals surface area (Å²) >= 11 is 0. The maximum atomic E-state index is 10.3. The first-order chi connectivity index (χ1) is 9.06. The Balaban J connectivity index is -0.00000162. The van der Waals surface area contributed by atoms with Crippen LogP contribution in [0, 0.1) is 0 Å². The van der Waals surface area contributed by atoms with Gasteiger partial charge in [-0.3, -0.25) is 4.55 Å². The second-order valence-electron chi connectivity index (χ2n) is 3.46. The first kappa shape index (κ1) is 23.0. The van der Waals surface area contributed by atoms with Crippen LogP contribution < -0.4 is 29.6 Å². The van der Waals surface area contributed by atoms with Crippen LogP contribution in [0.3, 0.4) is 0 Å². The van der Waals surface area contributed by atoms with E-state index >= 15 is 0 Å². The fourth-order valence-corrected chi connectivity index (χ4v) is 1.32. The van der Waals surface area contributed by atoms with Crippen LogP contribution in [0.15, 0.2) is 0 Å². The molecule has 0 rings (SSSR count). The number of rotatable bonds is 14. The molecule has 10 heteroatoms. The minimum Gasteiger partial charge on any atom is -1.00 e. The van der Waals surface area contributed by atoms with E-state index in [4.69, 9.17) is 28.6 Å². The average molecular weight is 326 g/mol. The third-order valence-electron chi connectivity index (χ3n) is 1.84. The van der Waals surface area contributed by atoms with Gasteiger partial charge in [0.15, 0.2) is 0 Å². The fourth-order valence-electron chi connectivity index (χ4n) is 0.991. The first-order valence-electron chi connectivity index (χ1n) is 5.93. The van der Waals surface area contributed by atoms with Crippen LogP contribution >= 0.6 is 0 Å². The van der Waals surface area contributed by atoms with E-state index in [-0.39, 0.29) is 50.8 Å². The van der Waals surface area contributed by atoms with E-state index in [9.17, 15) is 8.42 Å². The molecule has 0 aliphatic rings. The second-order valence-corrected chi connectivity index (χ2v) is 5.03. The van der Waals surface area contributed by atoms with Crippen LogP contribution in [0.2, 0.25) is 0 Å². The third kappa shape index (κ3) is 21.0. The fraction of sp³-hybridized carbons (Fsp3) is 1.00. The van der Waals surface area contributed by atoms with E-state index in [0.29, 0.717) is 39.6 Å². The molecule has 2 N–H and O–H groups in total. The molecule has 0 radical (unpaired) electrons. The molecular formula is C10H23NaO8S. The van der Waals surface area contributed by atoms with Crippen LogP contribution in [0.5, 0.6) is 0 Å². The number of aliphatic hydroxyl groups excluding tert-OH is 1. The van der Waals surface area contributed by atoms with Crippen molar-refractivity contribution in [3.8, 4) is 0 Å². The van der Waals surface area contributed by atoms with E-state index in [1.165, 1.54) is 0 Å². The second kappa shape index (κ2) is 16.1. The molecule has 0 bridgehead atoms. The molecular weight excluding hydrogens is 303 g/mol. The molecule has 118 valence electrons. The van der Waals surface area contributed by atoms with Crippen molar-refractivity contribution >= 4 is 10.1 Å². The van der Waals surface area contributed by atoms with Crippen LogP contribution in [-0.2, 0) is 29.1 Å². The summed E-state index contributed by atoms with van der Waals surface area (Å²) in [4.78, 5) is 0.